The van der Waals surface area contributed by atoms with Crippen LogP contribution in [0, 0.1) is 13.8 Å². The SMILES string of the molecule is Cc1nc(C)n(C(c2cc(Br)cs2)C(C)N)n1. The van der Waals surface area contributed by atoms with Gasteiger partial charge < -0.3 is 5.73 Å². The topological polar surface area (TPSA) is 56.7 Å². The summed E-state index contributed by atoms with van der Waals surface area (Å²) in [4.78, 5) is 5.53. The second kappa shape index (κ2) is 4.88. The van der Waals surface area contributed by atoms with E-state index in [-0.39, 0.29) is 12.1 Å². The number of thiophene rings is 1. The Morgan fingerprint density at radius 3 is 2.59 bits per heavy atom. The number of hydrogen-bond acceptors (Lipinski definition) is 4. The fourth-order valence-electron chi connectivity index (χ4n) is 1.89. The highest BCUT2D eigenvalue weighted by Gasteiger charge is 2.23. The monoisotopic (exact) mass is 314 g/mol. The molecule has 0 bridgehead atoms. The minimum absolute atomic E-state index is 0.0136. The molecule has 0 radical (unpaired) electrons. The molecule has 6 heteroatoms. The minimum Gasteiger partial charge on any atom is -0.326 e. The first-order valence-corrected chi connectivity index (χ1v) is 7.05. The molecule has 0 fully saturated rings. The van der Waals surface area contributed by atoms with Gasteiger partial charge in [0, 0.05) is 20.8 Å². The Bertz CT molecular complexity index is 517. The molecule has 0 aromatic carbocycles. The van der Waals surface area contributed by atoms with Crippen molar-refractivity contribution < 1.29 is 0 Å². The first kappa shape index (κ1) is 12.7. The third-order valence-electron chi connectivity index (χ3n) is 2.55. The molecule has 2 aromatic rings. The summed E-state index contributed by atoms with van der Waals surface area (Å²) in [6, 6.07) is 2.13. The predicted molar refractivity (Wildman–Crippen MR) is 73.3 cm³/mol. The van der Waals surface area contributed by atoms with Crippen LogP contribution in [-0.4, -0.2) is 20.8 Å². The van der Waals surface area contributed by atoms with E-state index in [1.165, 1.54) is 4.88 Å². The van der Waals surface area contributed by atoms with E-state index < -0.39 is 0 Å². The van der Waals surface area contributed by atoms with Crippen molar-refractivity contribution >= 4 is 27.3 Å². The lowest BCUT2D eigenvalue weighted by Crippen LogP contribution is -2.31. The fraction of sp³-hybridized carbons (Fsp3) is 0.455. The Morgan fingerprint density at radius 2 is 2.18 bits per heavy atom. The van der Waals surface area contributed by atoms with Crippen LogP contribution in [0.1, 0.15) is 29.5 Å². The van der Waals surface area contributed by atoms with Gasteiger partial charge in [0.2, 0.25) is 0 Å². The lowest BCUT2D eigenvalue weighted by molar-refractivity contribution is 0.448. The number of aromatic nitrogens is 3. The molecule has 2 N–H and O–H groups in total. The van der Waals surface area contributed by atoms with Crippen LogP contribution in [0.15, 0.2) is 15.9 Å². The Hall–Kier alpha value is -0.720. The van der Waals surface area contributed by atoms with Crippen LogP contribution in [0.4, 0.5) is 0 Å². The van der Waals surface area contributed by atoms with Crippen molar-refractivity contribution in [2.45, 2.75) is 32.9 Å². The Labute approximate surface area is 113 Å². The number of aryl methyl sites for hydroxylation is 2. The zero-order chi connectivity index (χ0) is 12.6. The lowest BCUT2D eigenvalue weighted by atomic mass is 10.1. The number of hydrogen-bond donors (Lipinski definition) is 1. The first-order valence-electron chi connectivity index (χ1n) is 5.38. The van der Waals surface area contributed by atoms with Crippen molar-refractivity contribution in [2.75, 3.05) is 0 Å². The molecule has 2 unspecified atom stereocenters. The molecule has 0 saturated heterocycles. The quantitative estimate of drug-likeness (QED) is 0.947. The van der Waals surface area contributed by atoms with E-state index in [1.807, 2.05) is 25.5 Å². The Kier molecular flexibility index (Phi) is 3.65. The zero-order valence-electron chi connectivity index (χ0n) is 10.0. The summed E-state index contributed by atoms with van der Waals surface area (Å²) in [5, 5.41) is 6.49. The van der Waals surface area contributed by atoms with E-state index in [0.717, 1.165) is 16.1 Å². The average Bonchev–Trinajstić information content (AvgIpc) is 2.75. The van der Waals surface area contributed by atoms with Crippen LogP contribution >= 0.6 is 27.3 Å². The van der Waals surface area contributed by atoms with Crippen molar-refractivity contribution in [1.29, 1.82) is 0 Å². The lowest BCUT2D eigenvalue weighted by Gasteiger charge is -2.20. The second-order valence-corrected chi connectivity index (χ2v) is 5.98. The van der Waals surface area contributed by atoms with Gasteiger partial charge in [-0.15, -0.1) is 11.3 Å². The third-order valence-corrected chi connectivity index (χ3v) is 4.31. The van der Waals surface area contributed by atoms with Crippen molar-refractivity contribution in [1.82, 2.24) is 14.8 Å². The molecule has 0 aliphatic rings. The van der Waals surface area contributed by atoms with Crippen LogP contribution in [0.5, 0.6) is 0 Å². The summed E-state index contributed by atoms with van der Waals surface area (Å²) in [7, 11) is 0. The summed E-state index contributed by atoms with van der Waals surface area (Å²) in [6.07, 6.45) is 0. The fourth-order valence-corrected chi connectivity index (χ4v) is 3.53. The standard InChI is InChI=1S/C11H15BrN4S/c1-6(13)11(10-4-9(12)5-17-10)16-8(3)14-7(2)15-16/h4-6,11H,13H2,1-3H3. The maximum absolute atomic E-state index is 6.09. The molecule has 17 heavy (non-hydrogen) atoms. The summed E-state index contributed by atoms with van der Waals surface area (Å²) in [6.45, 7) is 5.85. The zero-order valence-corrected chi connectivity index (χ0v) is 12.4. The molecule has 2 rings (SSSR count). The molecule has 2 aromatic heterocycles. The highest BCUT2D eigenvalue weighted by molar-refractivity contribution is 9.10. The van der Waals surface area contributed by atoms with E-state index in [1.54, 1.807) is 11.3 Å². The van der Waals surface area contributed by atoms with Crippen LogP contribution in [0.2, 0.25) is 0 Å². The highest BCUT2D eigenvalue weighted by Crippen LogP contribution is 2.30. The van der Waals surface area contributed by atoms with Gasteiger partial charge in [0.15, 0.2) is 0 Å². The van der Waals surface area contributed by atoms with E-state index in [2.05, 4.69) is 37.5 Å². The molecule has 0 amide bonds. The first-order chi connectivity index (χ1) is 7.99. The van der Waals surface area contributed by atoms with Gasteiger partial charge in [-0.25, -0.2) is 9.67 Å². The van der Waals surface area contributed by atoms with Crippen LogP contribution < -0.4 is 5.73 Å². The Morgan fingerprint density at radius 1 is 1.47 bits per heavy atom. The van der Waals surface area contributed by atoms with Crippen molar-refractivity contribution in [3.05, 3.63) is 32.4 Å². The molecule has 2 atom stereocenters. The number of nitrogens with two attached hydrogens (primary N) is 1. The maximum atomic E-state index is 6.09. The predicted octanol–water partition coefficient (Wildman–Crippen LogP) is 2.66. The molecule has 0 aliphatic carbocycles. The number of nitrogens with zero attached hydrogens (tertiary/aromatic N) is 3. The van der Waals surface area contributed by atoms with Crippen LogP contribution in [0.25, 0.3) is 0 Å². The molecule has 92 valence electrons. The van der Waals surface area contributed by atoms with Gasteiger partial charge in [-0.05, 0) is 42.8 Å². The highest BCUT2D eigenvalue weighted by atomic mass is 79.9. The van der Waals surface area contributed by atoms with Gasteiger partial charge in [-0.3, -0.25) is 0 Å². The summed E-state index contributed by atoms with van der Waals surface area (Å²) in [5.74, 6) is 1.68. The molecular weight excluding hydrogens is 300 g/mol. The van der Waals surface area contributed by atoms with Gasteiger partial charge in [0.1, 0.15) is 17.7 Å². The van der Waals surface area contributed by atoms with Crippen LogP contribution in [-0.2, 0) is 0 Å². The maximum Gasteiger partial charge on any atom is 0.147 e. The molecule has 2 heterocycles. The summed E-state index contributed by atoms with van der Waals surface area (Å²) < 4.78 is 3.00. The van der Waals surface area contributed by atoms with Crippen LogP contribution in [0.3, 0.4) is 0 Å². The second-order valence-electron chi connectivity index (χ2n) is 4.12. The van der Waals surface area contributed by atoms with E-state index in [9.17, 15) is 0 Å². The summed E-state index contributed by atoms with van der Waals surface area (Å²) >= 11 is 5.15. The molecule has 0 saturated carbocycles. The smallest absolute Gasteiger partial charge is 0.147 e. The van der Waals surface area contributed by atoms with Gasteiger partial charge >= 0.3 is 0 Å². The Balaban J connectivity index is 2.46. The van der Waals surface area contributed by atoms with Crippen molar-refractivity contribution in [3.8, 4) is 0 Å². The minimum atomic E-state index is -0.0136. The largest absolute Gasteiger partial charge is 0.326 e. The average molecular weight is 315 g/mol. The number of halogens is 1. The van der Waals surface area contributed by atoms with Crippen molar-refractivity contribution in [3.63, 3.8) is 0 Å². The van der Waals surface area contributed by atoms with E-state index >= 15 is 0 Å². The van der Waals surface area contributed by atoms with Crippen molar-refractivity contribution in [2.24, 2.45) is 5.73 Å². The van der Waals surface area contributed by atoms with E-state index in [0.29, 0.717) is 0 Å². The molecule has 0 aliphatic heterocycles. The number of rotatable bonds is 3. The van der Waals surface area contributed by atoms with Gasteiger partial charge in [-0.1, -0.05) is 0 Å². The normalized spacial score (nSPS) is 14.9. The third kappa shape index (κ3) is 2.59. The van der Waals surface area contributed by atoms with E-state index in [4.69, 9.17) is 5.73 Å². The molecular formula is C11H15BrN4S. The molecule has 4 nitrogen and oxygen atoms in total. The van der Waals surface area contributed by atoms with Gasteiger partial charge in [0.05, 0.1) is 0 Å². The summed E-state index contributed by atoms with van der Waals surface area (Å²) in [5.41, 5.74) is 6.09. The molecule has 0 spiro atoms. The van der Waals surface area contributed by atoms with Gasteiger partial charge in [-0.2, -0.15) is 5.10 Å². The van der Waals surface area contributed by atoms with Gasteiger partial charge in [0.25, 0.3) is 0 Å².